The van der Waals surface area contributed by atoms with Crippen LogP contribution in [0.25, 0.3) is 5.57 Å². The Morgan fingerprint density at radius 1 is 1.20 bits per heavy atom. The van der Waals surface area contributed by atoms with Gasteiger partial charge in [-0.05, 0) is 29.3 Å². The van der Waals surface area contributed by atoms with Crippen LogP contribution < -0.4 is 11.1 Å². The minimum Gasteiger partial charge on any atom is -0.381 e. The van der Waals surface area contributed by atoms with Crippen molar-refractivity contribution < 1.29 is 4.79 Å². The Morgan fingerprint density at radius 2 is 1.90 bits per heavy atom. The smallest absolute Gasteiger partial charge is 0.248 e. The number of halogens is 1. The van der Waals surface area contributed by atoms with E-state index < -0.39 is 5.91 Å². The van der Waals surface area contributed by atoms with Gasteiger partial charge in [0.05, 0.1) is 0 Å². The molecule has 2 aromatic rings. The van der Waals surface area contributed by atoms with Gasteiger partial charge in [-0.1, -0.05) is 52.8 Å². The Kier molecular flexibility index (Phi) is 4.58. The summed E-state index contributed by atoms with van der Waals surface area (Å²) in [7, 11) is 0. The number of rotatable bonds is 5. The highest BCUT2D eigenvalue weighted by atomic mass is 79.9. The fourth-order valence-electron chi connectivity index (χ4n) is 1.77. The summed E-state index contributed by atoms with van der Waals surface area (Å²) in [6.07, 6.45) is 0. The summed E-state index contributed by atoms with van der Waals surface area (Å²) < 4.78 is 1.04. The molecule has 102 valence electrons. The van der Waals surface area contributed by atoms with Crippen LogP contribution in [0.2, 0.25) is 0 Å². The standard InChI is InChI=1S/C16H15BrN2O/c1-11(16(18)20)13-7-5-12(6-8-13)10-19-15-4-2-3-14(17)9-15/h2-9,19H,1,10H2,(H2,18,20). The lowest BCUT2D eigenvalue weighted by Gasteiger charge is -2.08. The molecule has 0 aliphatic rings. The molecule has 0 aliphatic heterocycles. The van der Waals surface area contributed by atoms with Crippen molar-refractivity contribution in [3.8, 4) is 0 Å². The topological polar surface area (TPSA) is 55.1 Å². The molecule has 0 aliphatic carbocycles. The van der Waals surface area contributed by atoms with Gasteiger partial charge in [0.25, 0.3) is 0 Å². The van der Waals surface area contributed by atoms with Gasteiger partial charge in [0, 0.05) is 22.3 Å². The van der Waals surface area contributed by atoms with Crippen molar-refractivity contribution in [1.82, 2.24) is 0 Å². The van der Waals surface area contributed by atoms with Crippen LogP contribution in [0.1, 0.15) is 11.1 Å². The summed E-state index contributed by atoms with van der Waals surface area (Å²) in [6, 6.07) is 15.6. The molecule has 0 heterocycles. The SMILES string of the molecule is C=C(C(N)=O)c1ccc(CNc2cccc(Br)c2)cc1. The minimum absolute atomic E-state index is 0.330. The quantitative estimate of drug-likeness (QED) is 0.823. The van der Waals surface area contributed by atoms with Gasteiger partial charge in [-0.25, -0.2) is 0 Å². The van der Waals surface area contributed by atoms with Gasteiger partial charge in [0.15, 0.2) is 0 Å². The Balaban J connectivity index is 2.01. The van der Waals surface area contributed by atoms with Crippen molar-refractivity contribution >= 4 is 33.1 Å². The van der Waals surface area contributed by atoms with E-state index in [2.05, 4.69) is 27.8 Å². The number of nitrogens with one attached hydrogen (secondary N) is 1. The fraction of sp³-hybridized carbons (Fsp3) is 0.0625. The molecule has 0 spiro atoms. The van der Waals surface area contributed by atoms with Crippen molar-refractivity contribution in [2.24, 2.45) is 5.73 Å². The molecule has 20 heavy (non-hydrogen) atoms. The molecule has 1 amide bonds. The first-order chi connectivity index (χ1) is 9.56. The molecular weight excluding hydrogens is 316 g/mol. The van der Waals surface area contributed by atoms with Gasteiger partial charge >= 0.3 is 0 Å². The highest BCUT2D eigenvalue weighted by Crippen LogP contribution is 2.17. The molecule has 0 saturated carbocycles. The summed E-state index contributed by atoms with van der Waals surface area (Å²) in [5.41, 5.74) is 8.45. The lowest BCUT2D eigenvalue weighted by atomic mass is 10.1. The highest BCUT2D eigenvalue weighted by molar-refractivity contribution is 9.10. The Bertz CT molecular complexity index is 635. The summed E-state index contributed by atoms with van der Waals surface area (Å²) in [6.45, 7) is 4.37. The minimum atomic E-state index is -0.495. The number of hydrogen-bond donors (Lipinski definition) is 2. The third-order valence-corrected chi connectivity index (χ3v) is 3.41. The average molecular weight is 331 g/mol. The largest absolute Gasteiger partial charge is 0.381 e. The van der Waals surface area contributed by atoms with Crippen LogP contribution in [-0.2, 0) is 11.3 Å². The molecule has 0 atom stereocenters. The van der Waals surface area contributed by atoms with Crippen LogP contribution >= 0.6 is 15.9 Å². The van der Waals surface area contributed by atoms with Gasteiger partial charge in [-0.2, -0.15) is 0 Å². The summed E-state index contributed by atoms with van der Waals surface area (Å²) in [4.78, 5) is 11.0. The van der Waals surface area contributed by atoms with Crippen LogP contribution in [0, 0.1) is 0 Å². The predicted molar refractivity (Wildman–Crippen MR) is 86.1 cm³/mol. The van der Waals surface area contributed by atoms with Crippen LogP contribution in [0.4, 0.5) is 5.69 Å². The molecule has 3 N–H and O–H groups in total. The van der Waals surface area contributed by atoms with Crippen LogP contribution in [0.15, 0.2) is 59.6 Å². The summed E-state index contributed by atoms with van der Waals surface area (Å²) in [5, 5.41) is 3.33. The zero-order chi connectivity index (χ0) is 14.5. The van der Waals surface area contributed by atoms with Crippen molar-refractivity contribution in [2.75, 3.05) is 5.32 Å². The Morgan fingerprint density at radius 3 is 2.50 bits per heavy atom. The average Bonchev–Trinajstić information content (AvgIpc) is 2.45. The lowest BCUT2D eigenvalue weighted by Crippen LogP contribution is -2.11. The zero-order valence-corrected chi connectivity index (χ0v) is 12.5. The van der Waals surface area contributed by atoms with Crippen molar-refractivity contribution in [1.29, 1.82) is 0 Å². The maximum Gasteiger partial charge on any atom is 0.248 e. The molecular formula is C16H15BrN2O. The summed E-state index contributed by atoms with van der Waals surface area (Å²) >= 11 is 3.43. The van der Waals surface area contributed by atoms with Crippen LogP contribution in [0.3, 0.4) is 0 Å². The molecule has 0 aromatic heterocycles. The molecule has 3 nitrogen and oxygen atoms in total. The predicted octanol–water partition coefficient (Wildman–Crippen LogP) is 3.56. The fourth-order valence-corrected chi connectivity index (χ4v) is 2.17. The monoisotopic (exact) mass is 330 g/mol. The van der Waals surface area contributed by atoms with Gasteiger partial charge in [-0.15, -0.1) is 0 Å². The number of anilines is 1. The van der Waals surface area contributed by atoms with E-state index in [4.69, 9.17) is 5.73 Å². The van der Waals surface area contributed by atoms with E-state index in [1.807, 2.05) is 48.5 Å². The number of primary amides is 1. The zero-order valence-electron chi connectivity index (χ0n) is 10.9. The first-order valence-electron chi connectivity index (χ1n) is 6.14. The molecule has 0 radical (unpaired) electrons. The third kappa shape index (κ3) is 3.71. The van der Waals surface area contributed by atoms with Crippen molar-refractivity contribution in [3.63, 3.8) is 0 Å². The maximum absolute atomic E-state index is 11.0. The highest BCUT2D eigenvalue weighted by Gasteiger charge is 2.04. The van der Waals surface area contributed by atoms with E-state index in [1.165, 1.54) is 0 Å². The van der Waals surface area contributed by atoms with Crippen LogP contribution in [0.5, 0.6) is 0 Å². The molecule has 0 unspecified atom stereocenters. The van der Waals surface area contributed by atoms with Crippen molar-refractivity contribution in [2.45, 2.75) is 6.54 Å². The van der Waals surface area contributed by atoms with E-state index in [1.54, 1.807) is 0 Å². The van der Waals surface area contributed by atoms with Gasteiger partial charge in [-0.3, -0.25) is 4.79 Å². The first-order valence-corrected chi connectivity index (χ1v) is 6.93. The van der Waals surface area contributed by atoms with Crippen LogP contribution in [-0.4, -0.2) is 5.91 Å². The Labute approximate surface area is 126 Å². The second-order valence-corrected chi connectivity index (χ2v) is 5.32. The van der Waals surface area contributed by atoms with E-state index >= 15 is 0 Å². The van der Waals surface area contributed by atoms with E-state index in [0.717, 1.165) is 21.3 Å². The third-order valence-electron chi connectivity index (χ3n) is 2.92. The molecule has 4 heteroatoms. The molecule has 0 bridgehead atoms. The maximum atomic E-state index is 11.0. The summed E-state index contributed by atoms with van der Waals surface area (Å²) in [5.74, 6) is -0.495. The van der Waals surface area contributed by atoms with Gasteiger partial charge in [0.1, 0.15) is 0 Å². The number of benzene rings is 2. The Hall–Kier alpha value is -2.07. The second-order valence-electron chi connectivity index (χ2n) is 4.40. The normalized spacial score (nSPS) is 10.1. The van der Waals surface area contributed by atoms with E-state index in [0.29, 0.717) is 12.1 Å². The molecule has 0 fully saturated rings. The number of carbonyl (C=O) groups excluding carboxylic acids is 1. The number of nitrogens with two attached hydrogens (primary N) is 1. The number of hydrogen-bond acceptors (Lipinski definition) is 2. The molecule has 2 rings (SSSR count). The molecule has 0 saturated heterocycles. The lowest BCUT2D eigenvalue weighted by molar-refractivity contribution is -0.112. The first kappa shape index (κ1) is 14.3. The molecule has 2 aromatic carbocycles. The van der Waals surface area contributed by atoms with Crippen molar-refractivity contribution in [3.05, 3.63) is 70.7 Å². The van der Waals surface area contributed by atoms with Gasteiger partial charge in [0.2, 0.25) is 5.91 Å². The van der Waals surface area contributed by atoms with E-state index in [-0.39, 0.29) is 0 Å². The number of amides is 1. The second kappa shape index (κ2) is 6.39. The van der Waals surface area contributed by atoms with E-state index in [9.17, 15) is 4.79 Å². The number of carbonyl (C=O) groups is 1. The van der Waals surface area contributed by atoms with Gasteiger partial charge < -0.3 is 11.1 Å².